The highest BCUT2D eigenvalue weighted by molar-refractivity contribution is 6.35. The highest BCUT2D eigenvalue weighted by Crippen LogP contribution is 2.30. The van der Waals surface area contributed by atoms with Crippen molar-refractivity contribution in [2.75, 3.05) is 25.0 Å². The molecule has 0 aliphatic carbocycles. The second kappa shape index (κ2) is 8.87. The van der Waals surface area contributed by atoms with Crippen LogP contribution >= 0.6 is 23.2 Å². The van der Waals surface area contributed by atoms with E-state index in [0.717, 1.165) is 31.5 Å². The quantitative estimate of drug-likeness (QED) is 0.793. The van der Waals surface area contributed by atoms with E-state index < -0.39 is 6.10 Å². The summed E-state index contributed by atoms with van der Waals surface area (Å²) in [4.78, 5) is 14.4. The first-order valence-electron chi connectivity index (χ1n) is 8.73. The summed E-state index contributed by atoms with van der Waals surface area (Å²) in [6.45, 7) is 1.87. The Hall–Kier alpha value is -1.59. The molecule has 0 radical (unpaired) electrons. The topological polar surface area (TPSA) is 52.6 Å². The first kappa shape index (κ1) is 19.2. The van der Waals surface area contributed by atoms with E-state index in [0.29, 0.717) is 22.3 Å². The highest BCUT2D eigenvalue weighted by Gasteiger charge is 2.27. The van der Waals surface area contributed by atoms with Crippen molar-refractivity contribution in [1.29, 1.82) is 0 Å². The summed E-state index contributed by atoms with van der Waals surface area (Å²) in [5.74, 6) is 0.107. The maximum Gasteiger partial charge on any atom is 0.238 e. The number of halogens is 2. The molecule has 1 fully saturated rings. The molecule has 3 rings (SSSR count). The summed E-state index contributed by atoms with van der Waals surface area (Å²) in [6.07, 6.45) is 1.28. The number of rotatable bonds is 5. The van der Waals surface area contributed by atoms with Crippen molar-refractivity contribution >= 4 is 34.8 Å². The third kappa shape index (κ3) is 4.98. The Kier molecular flexibility index (Phi) is 6.54. The van der Waals surface area contributed by atoms with Gasteiger partial charge < -0.3 is 10.4 Å². The van der Waals surface area contributed by atoms with E-state index in [9.17, 15) is 9.90 Å². The van der Waals surface area contributed by atoms with Gasteiger partial charge in [-0.25, -0.2) is 0 Å². The molecule has 2 aromatic carbocycles. The fourth-order valence-electron chi connectivity index (χ4n) is 3.34. The summed E-state index contributed by atoms with van der Waals surface area (Å²) in [7, 11) is 0. The van der Waals surface area contributed by atoms with Gasteiger partial charge in [0.2, 0.25) is 5.91 Å². The van der Waals surface area contributed by atoms with E-state index in [4.69, 9.17) is 23.2 Å². The molecule has 1 heterocycles. The van der Waals surface area contributed by atoms with E-state index in [2.05, 4.69) is 10.2 Å². The van der Waals surface area contributed by atoms with E-state index in [1.165, 1.54) is 0 Å². The number of amides is 1. The van der Waals surface area contributed by atoms with Crippen LogP contribution in [0.25, 0.3) is 0 Å². The molecule has 2 aromatic rings. The third-order valence-corrected chi connectivity index (χ3v) is 5.35. The van der Waals surface area contributed by atoms with Crippen LogP contribution in [0.3, 0.4) is 0 Å². The molecule has 1 saturated heterocycles. The zero-order chi connectivity index (χ0) is 18.5. The third-order valence-electron chi connectivity index (χ3n) is 4.79. The van der Waals surface area contributed by atoms with E-state index in [1.807, 2.05) is 30.3 Å². The lowest BCUT2D eigenvalue weighted by Gasteiger charge is -2.34. The fraction of sp³-hybridized carbons (Fsp3) is 0.350. The molecule has 1 atom stereocenters. The van der Waals surface area contributed by atoms with Crippen LogP contribution in [0.1, 0.15) is 24.5 Å². The maximum absolute atomic E-state index is 12.3. The van der Waals surface area contributed by atoms with Crippen molar-refractivity contribution in [2.45, 2.75) is 18.9 Å². The summed E-state index contributed by atoms with van der Waals surface area (Å²) in [5.41, 5.74) is 1.48. The van der Waals surface area contributed by atoms with Gasteiger partial charge in [-0.2, -0.15) is 0 Å². The molecule has 1 aliphatic heterocycles. The number of benzene rings is 2. The predicted octanol–water partition coefficient (Wildman–Crippen LogP) is 4.38. The minimum absolute atomic E-state index is 0.115. The van der Waals surface area contributed by atoms with Crippen molar-refractivity contribution in [1.82, 2.24) is 4.90 Å². The van der Waals surface area contributed by atoms with Crippen molar-refractivity contribution in [3.05, 3.63) is 64.1 Å². The Bertz CT molecular complexity index is 747. The lowest BCUT2D eigenvalue weighted by atomic mass is 9.87. The number of carbonyl (C=O) groups excluding carboxylic acids is 1. The fourth-order valence-corrected chi connectivity index (χ4v) is 3.67. The number of nitrogens with zero attached hydrogens (tertiary/aromatic N) is 1. The van der Waals surface area contributed by atoms with Crippen molar-refractivity contribution in [3.8, 4) is 0 Å². The molecule has 2 N–H and O–H groups in total. The molecule has 26 heavy (non-hydrogen) atoms. The van der Waals surface area contributed by atoms with Crippen LogP contribution in [-0.4, -0.2) is 35.5 Å². The number of carbonyl (C=O) groups is 1. The van der Waals surface area contributed by atoms with Crippen molar-refractivity contribution in [3.63, 3.8) is 0 Å². The summed E-state index contributed by atoms with van der Waals surface area (Å²) < 4.78 is 0. The molecule has 0 spiro atoms. The van der Waals surface area contributed by atoms with Crippen LogP contribution in [0.4, 0.5) is 5.69 Å². The summed E-state index contributed by atoms with van der Waals surface area (Å²) in [5, 5.41) is 14.3. The monoisotopic (exact) mass is 392 g/mol. The Morgan fingerprint density at radius 2 is 1.85 bits per heavy atom. The van der Waals surface area contributed by atoms with Crippen LogP contribution in [0.5, 0.6) is 0 Å². The largest absolute Gasteiger partial charge is 0.388 e. The Morgan fingerprint density at radius 3 is 2.54 bits per heavy atom. The summed E-state index contributed by atoms with van der Waals surface area (Å²) >= 11 is 12.0. The number of nitrogens with one attached hydrogen (secondary N) is 1. The molecule has 138 valence electrons. The number of aliphatic hydroxyl groups is 1. The van der Waals surface area contributed by atoms with Crippen LogP contribution in [0.2, 0.25) is 10.0 Å². The molecule has 1 amide bonds. The van der Waals surface area contributed by atoms with Crippen LogP contribution in [-0.2, 0) is 4.79 Å². The van der Waals surface area contributed by atoms with Gasteiger partial charge in [0.25, 0.3) is 0 Å². The van der Waals surface area contributed by atoms with Gasteiger partial charge in [-0.3, -0.25) is 9.69 Å². The van der Waals surface area contributed by atoms with Gasteiger partial charge in [0.15, 0.2) is 0 Å². The minimum Gasteiger partial charge on any atom is -0.388 e. The van der Waals surface area contributed by atoms with E-state index >= 15 is 0 Å². The Labute approximate surface area is 163 Å². The SMILES string of the molecule is O=C(CN1CCC(C(O)c2ccccc2)CC1)Nc1cc(Cl)ccc1Cl. The second-order valence-corrected chi connectivity index (χ2v) is 7.49. The highest BCUT2D eigenvalue weighted by atomic mass is 35.5. The van der Waals surface area contributed by atoms with Crippen molar-refractivity contribution in [2.24, 2.45) is 5.92 Å². The molecule has 1 unspecified atom stereocenters. The number of piperidine rings is 1. The van der Waals surface area contributed by atoms with Gasteiger partial charge in [0, 0.05) is 5.02 Å². The maximum atomic E-state index is 12.3. The van der Waals surface area contributed by atoms with Crippen LogP contribution in [0.15, 0.2) is 48.5 Å². The number of likely N-dealkylation sites (tertiary alicyclic amines) is 1. The predicted molar refractivity (Wildman–Crippen MR) is 106 cm³/mol. The van der Waals surface area contributed by atoms with Crippen LogP contribution in [0, 0.1) is 5.92 Å². The van der Waals surface area contributed by atoms with Gasteiger partial charge in [0.05, 0.1) is 23.4 Å². The smallest absolute Gasteiger partial charge is 0.238 e. The number of anilines is 1. The van der Waals surface area contributed by atoms with Gasteiger partial charge in [0.1, 0.15) is 0 Å². The zero-order valence-corrected chi connectivity index (χ0v) is 15.9. The second-order valence-electron chi connectivity index (χ2n) is 6.64. The normalized spacial score (nSPS) is 17.0. The molecule has 6 heteroatoms. The zero-order valence-electron chi connectivity index (χ0n) is 14.4. The number of hydrogen-bond donors (Lipinski definition) is 2. The minimum atomic E-state index is -0.447. The molecule has 1 aliphatic rings. The van der Waals surface area contributed by atoms with Gasteiger partial charge in [-0.15, -0.1) is 0 Å². The lowest BCUT2D eigenvalue weighted by molar-refractivity contribution is -0.117. The average Bonchev–Trinajstić information content (AvgIpc) is 2.65. The van der Waals surface area contributed by atoms with Gasteiger partial charge in [-0.05, 0) is 55.6 Å². The molecule has 0 aromatic heterocycles. The molecule has 4 nitrogen and oxygen atoms in total. The number of hydrogen-bond acceptors (Lipinski definition) is 3. The van der Waals surface area contributed by atoms with Crippen LogP contribution < -0.4 is 5.32 Å². The van der Waals surface area contributed by atoms with Gasteiger partial charge >= 0.3 is 0 Å². The van der Waals surface area contributed by atoms with E-state index in [-0.39, 0.29) is 11.8 Å². The standard InChI is InChI=1S/C20H22Cl2N2O2/c21-16-6-7-17(22)18(12-16)23-19(25)13-24-10-8-15(9-11-24)20(26)14-4-2-1-3-5-14/h1-7,12,15,20,26H,8-11,13H2,(H,23,25). The van der Waals surface area contributed by atoms with Gasteiger partial charge in [-0.1, -0.05) is 53.5 Å². The van der Waals surface area contributed by atoms with E-state index in [1.54, 1.807) is 18.2 Å². The lowest BCUT2D eigenvalue weighted by Crippen LogP contribution is -2.40. The Balaban J connectivity index is 1.49. The van der Waals surface area contributed by atoms with Crippen molar-refractivity contribution < 1.29 is 9.90 Å². The molecular weight excluding hydrogens is 371 g/mol. The first-order chi connectivity index (χ1) is 12.5. The molecular formula is C20H22Cl2N2O2. The first-order valence-corrected chi connectivity index (χ1v) is 9.49. The molecule has 0 saturated carbocycles. The molecule has 0 bridgehead atoms. The Morgan fingerprint density at radius 1 is 1.15 bits per heavy atom. The summed E-state index contributed by atoms with van der Waals surface area (Å²) in [6, 6.07) is 14.7. The average molecular weight is 393 g/mol. The number of aliphatic hydroxyl groups excluding tert-OH is 1.